The van der Waals surface area contributed by atoms with Crippen LogP contribution >= 0.6 is 12.0 Å². The van der Waals surface area contributed by atoms with Gasteiger partial charge in [0.15, 0.2) is 0 Å². The molecule has 0 aliphatic carbocycles. The van der Waals surface area contributed by atoms with Crippen LogP contribution < -0.4 is 0 Å². The molecule has 0 bridgehead atoms. The van der Waals surface area contributed by atoms with Crippen molar-refractivity contribution in [1.29, 1.82) is 0 Å². The molecule has 1 rings (SSSR count). The van der Waals surface area contributed by atoms with Crippen LogP contribution in [0.5, 0.6) is 0 Å². The van der Waals surface area contributed by atoms with Crippen molar-refractivity contribution in [2.45, 2.75) is 12.8 Å². The summed E-state index contributed by atoms with van der Waals surface area (Å²) >= 11 is 1.59. The molecule has 0 N–H and O–H groups in total. The Morgan fingerprint density at radius 2 is 2.00 bits per heavy atom. The minimum Gasteiger partial charge on any atom is -0.388 e. The molecule has 0 spiro atoms. The average Bonchev–Trinajstić information content (AvgIpc) is 1.93. The van der Waals surface area contributed by atoms with Crippen molar-refractivity contribution in [2.75, 3.05) is 26.6 Å². The lowest BCUT2D eigenvalue weighted by Crippen LogP contribution is -1.95. The molecule has 1 aliphatic heterocycles. The fraction of sp³-hybridized carbons (Fsp3) is 1.00. The topological polar surface area (TPSA) is 18.5 Å². The zero-order valence-corrected chi connectivity index (χ0v) is 6.87. The Kier molecular flexibility index (Phi) is 8.52. The van der Waals surface area contributed by atoms with Crippen LogP contribution in [-0.2, 0) is 8.92 Å². The van der Waals surface area contributed by atoms with Crippen molar-refractivity contribution in [1.82, 2.24) is 0 Å². The lowest BCUT2D eigenvalue weighted by molar-refractivity contribution is 0.277. The molecule has 0 atom stereocenters. The van der Waals surface area contributed by atoms with Gasteiger partial charge in [0, 0.05) is 20.0 Å². The third-order valence-corrected chi connectivity index (χ3v) is 1.58. The largest absolute Gasteiger partial charge is 0.388 e. The summed E-state index contributed by atoms with van der Waals surface area (Å²) in [7, 11) is 3.25. The molecule has 9 heavy (non-hydrogen) atoms. The van der Waals surface area contributed by atoms with Gasteiger partial charge in [-0.2, -0.15) is 0 Å². The van der Waals surface area contributed by atoms with Gasteiger partial charge in [-0.1, -0.05) is 0 Å². The minimum absolute atomic E-state index is 0.963. The molecule has 2 nitrogen and oxygen atoms in total. The van der Waals surface area contributed by atoms with Crippen LogP contribution in [0.2, 0.25) is 0 Å². The van der Waals surface area contributed by atoms with E-state index in [9.17, 15) is 0 Å². The van der Waals surface area contributed by atoms with Crippen LogP contribution in [0.4, 0.5) is 0 Å². The van der Waals surface area contributed by atoms with Crippen LogP contribution in [0.1, 0.15) is 12.8 Å². The maximum absolute atomic E-state index is 4.99. The normalized spacial score (nSPS) is 18.0. The van der Waals surface area contributed by atoms with Crippen LogP contribution in [0, 0.1) is 0 Å². The van der Waals surface area contributed by atoms with Gasteiger partial charge in [0.1, 0.15) is 0 Å². The summed E-state index contributed by atoms with van der Waals surface area (Å²) in [4.78, 5) is 0. The quantitative estimate of drug-likeness (QED) is 0.490. The van der Waals surface area contributed by atoms with Crippen LogP contribution in [0.15, 0.2) is 0 Å². The Bertz CT molecular complexity index is 34.8. The summed E-state index contributed by atoms with van der Waals surface area (Å²) in [6.45, 7) is 0.963. The fourth-order valence-electron chi connectivity index (χ4n) is 0.440. The highest BCUT2D eigenvalue weighted by Crippen LogP contribution is 2.12. The minimum atomic E-state index is 0.963. The van der Waals surface area contributed by atoms with E-state index in [1.807, 2.05) is 0 Å². The molecule has 1 heterocycles. The van der Waals surface area contributed by atoms with Gasteiger partial charge in [-0.05, 0) is 24.9 Å². The van der Waals surface area contributed by atoms with E-state index in [0.717, 1.165) is 6.61 Å². The Balaban J connectivity index is 0.000000187. The third kappa shape index (κ3) is 8.27. The van der Waals surface area contributed by atoms with Crippen LogP contribution in [-0.4, -0.2) is 26.6 Å². The Hall–Kier alpha value is 0.270. The van der Waals surface area contributed by atoms with E-state index in [-0.39, 0.29) is 0 Å². The maximum atomic E-state index is 4.99. The summed E-state index contributed by atoms with van der Waals surface area (Å²) in [5.74, 6) is 1.19. The van der Waals surface area contributed by atoms with Crippen molar-refractivity contribution in [2.24, 2.45) is 0 Å². The number of hydrogen-bond donors (Lipinski definition) is 0. The maximum Gasteiger partial charge on any atom is 0.0614 e. The summed E-state index contributed by atoms with van der Waals surface area (Å²) in [6.07, 6.45) is 2.59. The van der Waals surface area contributed by atoms with E-state index >= 15 is 0 Å². The zero-order valence-electron chi connectivity index (χ0n) is 6.05. The molecule has 1 fully saturated rings. The second kappa shape index (κ2) is 8.27. The molecule has 0 aromatic rings. The van der Waals surface area contributed by atoms with E-state index < -0.39 is 0 Å². The molecule has 0 radical (unpaired) electrons. The van der Waals surface area contributed by atoms with Crippen molar-refractivity contribution in [3.63, 3.8) is 0 Å². The summed E-state index contributed by atoms with van der Waals surface area (Å²) < 4.78 is 9.24. The van der Waals surface area contributed by atoms with Gasteiger partial charge in [0.05, 0.1) is 6.61 Å². The standard InChI is InChI=1S/C4H8OS.C2H6O/c1-2-4-6-5-3-1;1-3-2/h1-4H2;1-2H3. The predicted molar refractivity (Wildman–Crippen MR) is 40.6 cm³/mol. The highest BCUT2D eigenvalue weighted by atomic mass is 32.2. The molecular formula is C6H14O2S. The van der Waals surface area contributed by atoms with Gasteiger partial charge in [-0.15, -0.1) is 0 Å². The summed E-state index contributed by atoms with van der Waals surface area (Å²) in [5.41, 5.74) is 0. The smallest absolute Gasteiger partial charge is 0.0614 e. The molecule has 0 aromatic carbocycles. The third-order valence-electron chi connectivity index (χ3n) is 0.789. The molecular weight excluding hydrogens is 136 g/mol. The molecule has 0 unspecified atom stereocenters. The van der Waals surface area contributed by atoms with Crippen molar-refractivity contribution >= 4 is 12.0 Å². The monoisotopic (exact) mass is 150 g/mol. The van der Waals surface area contributed by atoms with E-state index in [4.69, 9.17) is 4.18 Å². The van der Waals surface area contributed by atoms with Gasteiger partial charge in [-0.25, -0.2) is 0 Å². The van der Waals surface area contributed by atoms with Crippen molar-refractivity contribution < 1.29 is 8.92 Å². The molecule has 0 aromatic heterocycles. The van der Waals surface area contributed by atoms with Gasteiger partial charge in [-0.3, -0.25) is 0 Å². The molecule has 1 aliphatic rings. The fourth-order valence-corrected chi connectivity index (χ4v) is 1.12. The van der Waals surface area contributed by atoms with E-state index in [1.165, 1.54) is 18.6 Å². The highest BCUT2D eigenvalue weighted by Gasteiger charge is 1.96. The van der Waals surface area contributed by atoms with Gasteiger partial charge in [0.2, 0.25) is 0 Å². The molecule has 0 amide bonds. The first-order valence-electron chi connectivity index (χ1n) is 3.06. The molecule has 56 valence electrons. The molecule has 1 saturated heterocycles. The van der Waals surface area contributed by atoms with Gasteiger partial charge < -0.3 is 8.92 Å². The Morgan fingerprint density at radius 3 is 2.11 bits per heavy atom. The van der Waals surface area contributed by atoms with Crippen molar-refractivity contribution in [3.05, 3.63) is 0 Å². The lowest BCUT2D eigenvalue weighted by Gasteiger charge is -2.06. The zero-order chi connectivity index (χ0) is 6.95. The average molecular weight is 150 g/mol. The SMILES string of the molecule is C1CCSOC1.COC. The van der Waals surface area contributed by atoms with E-state index in [0.29, 0.717) is 0 Å². The summed E-state index contributed by atoms with van der Waals surface area (Å²) in [5, 5.41) is 0. The van der Waals surface area contributed by atoms with Gasteiger partial charge in [0.25, 0.3) is 0 Å². The summed E-state index contributed by atoms with van der Waals surface area (Å²) in [6, 6.07) is 0. The lowest BCUT2D eigenvalue weighted by atomic mass is 10.4. The second-order valence-corrected chi connectivity index (χ2v) is 2.64. The Labute approximate surface area is 61.1 Å². The van der Waals surface area contributed by atoms with Crippen LogP contribution in [0.3, 0.4) is 0 Å². The van der Waals surface area contributed by atoms with E-state index in [2.05, 4.69) is 4.74 Å². The van der Waals surface area contributed by atoms with E-state index in [1.54, 1.807) is 26.3 Å². The molecule has 3 heteroatoms. The number of hydrogen-bond acceptors (Lipinski definition) is 3. The first-order chi connectivity index (χ1) is 4.41. The number of rotatable bonds is 0. The predicted octanol–water partition coefficient (Wildman–Crippen LogP) is 1.71. The van der Waals surface area contributed by atoms with Gasteiger partial charge >= 0.3 is 0 Å². The number of methoxy groups -OCH3 is 1. The van der Waals surface area contributed by atoms with Crippen molar-refractivity contribution in [3.8, 4) is 0 Å². The first kappa shape index (κ1) is 9.27. The highest BCUT2D eigenvalue weighted by molar-refractivity contribution is 7.94. The van der Waals surface area contributed by atoms with Crippen LogP contribution in [0.25, 0.3) is 0 Å². The number of ether oxygens (including phenoxy) is 1. The Morgan fingerprint density at radius 1 is 1.33 bits per heavy atom. The molecule has 0 saturated carbocycles. The first-order valence-corrected chi connectivity index (χ1v) is 3.97. The second-order valence-electron chi connectivity index (χ2n) is 1.76.